The Morgan fingerprint density at radius 3 is 2.77 bits per heavy atom. The van der Waals surface area contributed by atoms with E-state index in [1.54, 1.807) is 24.5 Å². The van der Waals surface area contributed by atoms with Crippen LogP contribution in [0.15, 0.2) is 36.8 Å². The molecular weight excluding hydrogens is 389 g/mol. The minimum atomic E-state index is -0.796. The van der Waals surface area contributed by atoms with Crippen LogP contribution in [0.25, 0.3) is 5.82 Å². The van der Waals surface area contributed by atoms with Gasteiger partial charge < -0.3 is 22.1 Å². The van der Waals surface area contributed by atoms with E-state index >= 15 is 0 Å². The van der Waals surface area contributed by atoms with Crippen molar-refractivity contribution in [1.82, 2.24) is 25.0 Å². The molecule has 2 atom stereocenters. The second kappa shape index (κ2) is 8.41. The smallest absolute Gasteiger partial charge is 0.252 e. The molecule has 0 unspecified atom stereocenters. The van der Waals surface area contributed by atoms with Gasteiger partial charge in [0.1, 0.15) is 5.82 Å². The summed E-state index contributed by atoms with van der Waals surface area (Å²) in [4.78, 5) is 20.4. The molecule has 0 aromatic carbocycles. The molecule has 0 radical (unpaired) electrons. The number of nitrogens with one attached hydrogen (secondary N) is 2. The average molecular weight is 411 g/mol. The van der Waals surface area contributed by atoms with Crippen molar-refractivity contribution in [3.63, 3.8) is 0 Å². The number of amides is 1. The van der Waals surface area contributed by atoms with Crippen molar-refractivity contribution in [3.8, 4) is 5.82 Å². The molecule has 0 saturated heterocycles. The normalized spacial score (nSPS) is 18.7. The second-order valence-corrected chi connectivity index (χ2v) is 7.15. The van der Waals surface area contributed by atoms with Gasteiger partial charge in [0.05, 0.1) is 18.0 Å². The Balaban J connectivity index is 1.64. The highest BCUT2D eigenvalue weighted by molar-refractivity contribution is 5.98. The maximum atomic E-state index is 14.6. The fourth-order valence-corrected chi connectivity index (χ4v) is 3.48. The highest BCUT2D eigenvalue weighted by atomic mass is 19.1. The van der Waals surface area contributed by atoms with Crippen molar-refractivity contribution in [3.05, 3.63) is 48.2 Å². The van der Waals surface area contributed by atoms with Gasteiger partial charge in [-0.15, -0.1) is 5.10 Å². The van der Waals surface area contributed by atoms with Crippen molar-refractivity contribution in [1.29, 1.82) is 0 Å². The number of primary amides is 1. The first-order chi connectivity index (χ1) is 14.5. The SMILES string of the molecule is NC(=O)c1cc(F)c(N[C@@H]2CCCC[C@@H]2N)nc1Nc1ccnc(-n2ccnn2)c1. The monoisotopic (exact) mass is 411 g/mol. The van der Waals surface area contributed by atoms with Crippen LogP contribution in [-0.4, -0.2) is 43.0 Å². The van der Waals surface area contributed by atoms with E-state index in [1.807, 2.05) is 0 Å². The minimum absolute atomic E-state index is 0.0235. The summed E-state index contributed by atoms with van der Waals surface area (Å²) in [6, 6.07) is 4.27. The number of hydrogen-bond donors (Lipinski definition) is 4. The van der Waals surface area contributed by atoms with Crippen molar-refractivity contribution in [2.45, 2.75) is 37.8 Å². The van der Waals surface area contributed by atoms with Crippen molar-refractivity contribution in [2.75, 3.05) is 10.6 Å². The number of carbonyl (C=O) groups is 1. The minimum Gasteiger partial charge on any atom is -0.365 e. The highest BCUT2D eigenvalue weighted by Crippen LogP contribution is 2.27. The summed E-state index contributed by atoms with van der Waals surface area (Å²) in [6.07, 6.45) is 8.50. The van der Waals surface area contributed by atoms with E-state index in [9.17, 15) is 9.18 Å². The van der Waals surface area contributed by atoms with Gasteiger partial charge in [-0.3, -0.25) is 4.79 Å². The Bertz CT molecular complexity index is 1040. The molecule has 10 nitrogen and oxygen atoms in total. The van der Waals surface area contributed by atoms with Gasteiger partial charge in [0.25, 0.3) is 5.91 Å². The lowest BCUT2D eigenvalue weighted by atomic mass is 9.91. The fraction of sp³-hybridized carbons (Fsp3) is 0.316. The van der Waals surface area contributed by atoms with Gasteiger partial charge in [-0.05, 0) is 25.0 Å². The van der Waals surface area contributed by atoms with Gasteiger partial charge >= 0.3 is 0 Å². The third kappa shape index (κ3) is 4.20. The van der Waals surface area contributed by atoms with Crippen LogP contribution in [0.4, 0.5) is 21.7 Å². The summed E-state index contributed by atoms with van der Waals surface area (Å²) in [7, 11) is 0. The molecule has 0 bridgehead atoms. The van der Waals surface area contributed by atoms with Crippen LogP contribution in [0.2, 0.25) is 0 Å². The van der Waals surface area contributed by atoms with Gasteiger partial charge in [-0.25, -0.2) is 19.0 Å². The van der Waals surface area contributed by atoms with Crippen molar-refractivity contribution < 1.29 is 9.18 Å². The van der Waals surface area contributed by atoms with E-state index in [2.05, 4.69) is 30.9 Å². The first kappa shape index (κ1) is 19.7. The van der Waals surface area contributed by atoms with Gasteiger partial charge in [-0.2, -0.15) is 0 Å². The van der Waals surface area contributed by atoms with E-state index in [4.69, 9.17) is 11.5 Å². The summed E-state index contributed by atoms with van der Waals surface area (Å²) < 4.78 is 16.1. The Hall–Kier alpha value is -3.60. The van der Waals surface area contributed by atoms with Crippen LogP contribution < -0.4 is 22.1 Å². The lowest BCUT2D eigenvalue weighted by Gasteiger charge is -2.30. The van der Waals surface area contributed by atoms with Crippen LogP contribution in [0, 0.1) is 5.82 Å². The van der Waals surface area contributed by atoms with Crippen molar-refractivity contribution in [2.24, 2.45) is 11.5 Å². The quantitative estimate of drug-likeness (QED) is 0.479. The molecule has 6 N–H and O–H groups in total. The van der Waals surface area contributed by atoms with Gasteiger partial charge in [0.2, 0.25) is 0 Å². The molecule has 1 aliphatic carbocycles. The Morgan fingerprint density at radius 2 is 2.03 bits per heavy atom. The first-order valence-electron chi connectivity index (χ1n) is 9.63. The molecule has 4 rings (SSSR count). The van der Waals surface area contributed by atoms with Gasteiger partial charge in [0.15, 0.2) is 17.5 Å². The van der Waals surface area contributed by atoms with Crippen molar-refractivity contribution >= 4 is 23.2 Å². The Morgan fingerprint density at radius 1 is 1.20 bits per heavy atom. The maximum Gasteiger partial charge on any atom is 0.252 e. The molecule has 1 aliphatic rings. The standard InChI is InChI=1S/C19H22FN9O/c20-13-10-12(17(22)30)18(27-19(13)26-15-4-2-1-3-14(15)21)25-11-5-6-23-16(9-11)29-8-7-24-28-29/h5-10,14-15H,1-4,21H2,(H2,22,30)(H2,23,25,26,27)/t14-,15+/m0/s1. The number of nitrogens with zero attached hydrogens (tertiary/aromatic N) is 5. The summed E-state index contributed by atoms with van der Waals surface area (Å²) in [5.41, 5.74) is 12.1. The maximum absolute atomic E-state index is 14.6. The molecule has 3 aromatic rings. The zero-order valence-corrected chi connectivity index (χ0v) is 16.1. The number of carbonyl (C=O) groups excluding carboxylic acids is 1. The second-order valence-electron chi connectivity index (χ2n) is 7.15. The zero-order chi connectivity index (χ0) is 21.1. The topological polar surface area (TPSA) is 150 Å². The number of halogens is 1. The van der Waals surface area contributed by atoms with E-state index in [-0.39, 0.29) is 29.3 Å². The van der Waals surface area contributed by atoms with Crippen LogP contribution in [0.1, 0.15) is 36.0 Å². The number of nitrogens with two attached hydrogens (primary N) is 2. The predicted octanol–water partition coefficient (Wildman–Crippen LogP) is 1.72. The number of hydrogen-bond acceptors (Lipinski definition) is 8. The molecular formula is C19H22FN9O. The van der Waals surface area contributed by atoms with Gasteiger partial charge in [0, 0.05) is 30.0 Å². The van der Waals surface area contributed by atoms with E-state index in [0.29, 0.717) is 11.5 Å². The summed E-state index contributed by atoms with van der Waals surface area (Å²) in [5.74, 6) is -0.797. The lowest BCUT2D eigenvalue weighted by Crippen LogP contribution is -2.43. The van der Waals surface area contributed by atoms with E-state index in [1.165, 1.54) is 10.9 Å². The largest absolute Gasteiger partial charge is 0.365 e. The molecule has 156 valence electrons. The molecule has 1 saturated carbocycles. The number of rotatable bonds is 6. The van der Waals surface area contributed by atoms with Crippen LogP contribution in [0.5, 0.6) is 0 Å². The Labute approximate surface area is 171 Å². The molecule has 11 heteroatoms. The number of aromatic nitrogens is 5. The van der Waals surface area contributed by atoms with Crippen LogP contribution >= 0.6 is 0 Å². The lowest BCUT2D eigenvalue weighted by molar-refractivity contribution is 0.100. The molecule has 0 spiro atoms. The zero-order valence-electron chi connectivity index (χ0n) is 16.1. The van der Waals surface area contributed by atoms with Crippen LogP contribution in [-0.2, 0) is 0 Å². The summed E-state index contributed by atoms with van der Waals surface area (Å²) >= 11 is 0. The first-order valence-corrected chi connectivity index (χ1v) is 9.63. The van der Waals surface area contributed by atoms with Crippen LogP contribution in [0.3, 0.4) is 0 Å². The van der Waals surface area contributed by atoms with E-state index in [0.717, 1.165) is 31.7 Å². The van der Waals surface area contributed by atoms with E-state index < -0.39 is 11.7 Å². The summed E-state index contributed by atoms with van der Waals surface area (Å²) in [5, 5.41) is 13.8. The number of pyridine rings is 2. The average Bonchev–Trinajstić information content (AvgIpc) is 3.27. The molecule has 30 heavy (non-hydrogen) atoms. The Kier molecular flexibility index (Phi) is 5.53. The molecule has 3 aromatic heterocycles. The highest BCUT2D eigenvalue weighted by Gasteiger charge is 2.24. The molecule has 3 heterocycles. The molecule has 1 fully saturated rings. The fourth-order valence-electron chi connectivity index (χ4n) is 3.48. The van der Waals surface area contributed by atoms with Gasteiger partial charge in [-0.1, -0.05) is 18.1 Å². The molecule has 0 aliphatic heterocycles. The summed E-state index contributed by atoms with van der Waals surface area (Å²) in [6.45, 7) is 0. The molecule has 1 amide bonds. The third-order valence-electron chi connectivity index (χ3n) is 5.05. The number of anilines is 3. The third-order valence-corrected chi connectivity index (χ3v) is 5.05. The predicted molar refractivity (Wildman–Crippen MR) is 109 cm³/mol.